The van der Waals surface area contributed by atoms with E-state index in [4.69, 9.17) is 4.74 Å². The molecule has 6 heteroatoms. The lowest BCUT2D eigenvalue weighted by Gasteiger charge is -2.06. The van der Waals surface area contributed by atoms with Crippen LogP contribution in [-0.2, 0) is 0 Å². The van der Waals surface area contributed by atoms with E-state index in [0.29, 0.717) is 19.0 Å². The number of amides is 1. The van der Waals surface area contributed by atoms with E-state index in [9.17, 15) is 4.79 Å². The molecule has 0 unspecified atom stereocenters. The molecule has 2 aromatic rings. The fourth-order valence-electron chi connectivity index (χ4n) is 1.50. The van der Waals surface area contributed by atoms with Gasteiger partial charge in [-0.3, -0.25) is 9.89 Å². The number of nitrogens with zero attached hydrogens (tertiary/aromatic N) is 2. The van der Waals surface area contributed by atoms with E-state index >= 15 is 0 Å². The standard InChI is InChI=1S/C13H16N4O2/c1-10-15-12(17-16-10)13(18)14-8-5-9-19-11-6-3-2-4-7-11/h2-4,6-7H,5,8-9H2,1H3,(H,14,18)(H,15,16,17). The summed E-state index contributed by atoms with van der Waals surface area (Å²) in [7, 11) is 0. The van der Waals surface area contributed by atoms with E-state index in [2.05, 4.69) is 20.5 Å². The smallest absolute Gasteiger partial charge is 0.290 e. The summed E-state index contributed by atoms with van der Waals surface area (Å²) >= 11 is 0. The Balaban J connectivity index is 1.63. The molecular weight excluding hydrogens is 244 g/mol. The molecule has 2 rings (SSSR count). The van der Waals surface area contributed by atoms with Crippen molar-refractivity contribution < 1.29 is 9.53 Å². The van der Waals surface area contributed by atoms with Gasteiger partial charge in [0.15, 0.2) is 0 Å². The molecule has 1 aromatic carbocycles. The molecule has 0 radical (unpaired) electrons. The number of ether oxygens (including phenoxy) is 1. The average Bonchev–Trinajstić information content (AvgIpc) is 2.86. The van der Waals surface area contributed by atoms with Crippen molar-refractivity contribution >= 4 is 5.91 Å². The summed E-state index contributed by atoms with van der Waals surface area (Å²) in [5, 5.41) is 9.14. The molecule has 0 spiro atoms. The first-order valence-electron chi connectivity index (χ1n) is 6.11. The number of carbonyl (C=O) groups excluding carboxylic acids is 1. The minimum absolute atomic E-state index is 0.168. The number of aryl methyl sites for hydroxylation is 1. The summed E-state index contributed by atoms with van der Waals surface area (Å²) in [5.41, 5.74) is 0. The van der Waals surface area contributed by atoms with Crippen LogP contribution in [-0.4, -0.2) is 34.2 Å². The van der Waals surface area contributed by atoms with Crippen LogP contribution in [0.25, 0.3) is 0 Å². The second kappa shape index (κ2) is 6.53. The van der Waals surface area contributed by atoms with Crippen molar-refractivity contribution in [2.45, 2.75) is 13.3 Å². The summed E-state index contributed by atoms with van der Waals surface area (Å²) in [6.07, 6.45) is 0.726. The number of rotatable bonds is 6. The molecule has 0 saturated carbocycles. The molecule has 2 N–H and O–H groups in total. The molecule has 0 fully saturated rings. The third-order valence-corrected chi connectivity index (χ3v) is 2.42. The van der Waals surface area contributed by atoms with Gasteiger partial charge in [0.1, 0.15) is 11.6 Å². The number of aromatic nitrogens is 3. The van der Waals surface area contributed by atoms with Gasteiger partial charge in [-0.2, -0.15) is 0 Å². The zero-order chi connectivity index (χ0) is 13.5. The maximum Gasteiger partial charge on any atom is 0.290 e. The van der Waals surface area contributed by atoms with Gasteiger partial charge in [0.25, 0.3) is 5.91 Å². The number of hydrogen-bond acceptors (Lipinski definition) is 4. The van der Waals surface area contributed by atoms with Crippen LogP contribution in [0.15, 0.2) is 30.3 Å². The lowest BCUT2D eigenvalue weighted by atomic mass is 10.3. The van der Waals surface area contributed by atoms with E-state index in [1.165, 1.54) is 0 Å². The van der Waals surface area contributed by atoms with Gasteiger partial charge in [0.2, 0.25) is 5.82 Å². The summed E-state index contributed by atoms with van der Waals surface area (Å²) in [5.74, 6) is 1.35. The number of para-hydroxylation sites is 1. The Bertz CT molecular complexity index is 524. The number of H-pyrrole nitrogens is 1. The highest BCUT2D eigenvalue weighted by atomic mass is 16.5. The molecule has 100 valence electrons. The van der Waals surface area contributed by atoms with E-state index < -0.39 is 0 Å². The van der Waals surface area contributed by atoms with Gasteiger partial charge in [-0.25, -0.2) is 4.98 Å². The zero-order valence-corrected chi connectivity index (χ0v) is 10.7. The van der Waals surface area contributed by atoms with Crippen LogP contribution in [0.3, 0.4) is 0 Å². The Labute approximate surface area is 111 Å². The molecule has 1 amide bonds. The number of carbonyl (C=O) groups is 1. The molecule has 6 nitrogen and oxygen atoms in total. The van der Waals surface area contributed by atoms with Crippen molar-refractivity contribution in [3.05, 3.63) is 42.0 Å². The van der Waals surface area contributed by atoms with Crippen LogP contribution >= 0.6 is 0 Å². The van der Waals surface area contributed by atoms with E-state index in [0.717, 1.165) is 12.2 Å². The van der Waals surface area contributed by atoms with Crippen LogP contribution in [0.1, 0.15) is 22.9 Å². The molecule has 0 aliphatic heterocycles. The van der Waals surface area contributed by atoms with Crippen molar-refractivity contribution in [3.63, 3.8) is 0 Å². The van der Waals surface area contributed by atoms with Crippen LogP contribution in [0, 0.1) is 6.92 Å². The first-order chi connectivity index (χ1) is 9.25. The van der Waals surface area contributed by atoms with Gasteiger partial charge in [0, 0.05) is 6.54 Å². The Morgan fingerprint density at radius 2 is 2.16 bits per heavy atom. The van der Waals surface area contributed by atoms with Crippen molar-refractivity contribution in [2.75, 3.05) is 13.2 Å². The topological polar surface area (TPSA) is 79.9 Å². The molecule has 0 saturated heterocycles. The monoisotopic (exact) mass is 260 g/mol. The minimum atomic E-state index is -0.274. The Morgan fingerprint density at radius 3 is 2.84 bits per heavy atom. The molecule has 1 heterocycles. The van der Waals surface area contributed by atoms with Crippen LogP contribution in [0.5, 0.6) is 5.75 Å². The highest BCUT2D eigenvalue weighted by Gasteiger charge is 2.09. The molecule has 1 aromatic heterocycles. The Hall–Kier alpha value is -2.37. The van der Waals surface area contributed by atoms with Crippen molar-refractivity contribution in [2.24, 2.45) is 0 Å². The second-order valence-electron chi connectivity index (χ2n) is 4.02. The van der Waals surface area contributed by atoms with Crippen molar-refractivity contribution in [1.82, 2.24) is 20.5 Å². The lowest BCUT2D eigenvalue weighted by Crippen LogP contribution is -2.26. The number of hydrogen-bond donors (Lipinski definition) is 2. The molecule has 19 heavy (non-hydrogen) atoms. The van der Waals surface area contributed by atoms with E-state index in [1.54, 1.807) is 6.92 Å². The summed E-state index contributed by atoms with van der Waals surface area (Å²) < 4.78 is 5.51. The number of benzene rings is 1. The van der Waals surface area contributed by atoms with Crippen LogP contribution < -0.4 is 10.1 Å². The van der Waals surface area contributed by atoms with E-state index in [-0.39, 0.29) is 11.7 Å². The largest absolute Gasteiger partial charge is 0.494 e. The van der Waals surface area contributed by atoms with Gasteiger partial charge >= 0.3 is 0 Å². The molecule has 0 aliphatic carbocycles. The lowest BCUT2D eigenvalue weighted by molar-refractivity contribution is 0.0941. The fraction of sp³-hybridized carbons (Fsp3) is 0.308. The van der Waals surface area contributed by atoms with Crippen molar-refractivity contribution in [1.29, 1.82) is 0 Å². The normalized spacial score (nSPS) is 10.2. The Morgan fingerprint density at radius 1 is 1.37 bits per heavy atom. The molecular formula is C13H16N4O2. The molecule has 0 aliphatic rings. The summed E-state index contributed by atoms with van der Waals surface area (Å²) in [6.45, 7) is 2.83. The van der Waals surface area contributed by atoms with Gasteiger partial charge < -0.3 is 10.1 Å². The summed E-state index contributed by atoms with van der Waals surface area (Å²) in [6, 6.07) is 9.57. The predicted molar refractivity (Wildman–Crippen MR) is 70.0 cm³/mol. The SMILES string of the molecule is Cc1nc(C(=O)NCCCOc2ccccc2)n[nH]1. The van der Waals surface area contributed by atoms with Gasteiger partial charge in [-0.1, -0.05) is 18.2 Å². The summed E-state index contributed by atoms with van der Waals surface area (Å²) in [4.78, 5) is 15.5. The van der Waals surface area contributed by atoms with Crippen molar-refractivity contribution in [3.8, 4) is 5.75 Å². The van der Waals surface area contributed by atoms with Crippen LogP contribution in [0.4, 0.5) is 0 Å². The first-order valence-corrected chi connectivity index (χ1v) is 6.11. The highest BCUT2D eigenvalue weighted by molar-refractivity contribution is 5.90. The first kappa shape index (κ1) is 13.1. The Kier molecular flexibility index (Phi) is 4.49. The number of aromatic amines is 1. The third kappa shape index (κ3) is 4.09. The maximum atomic E-state index is 11.6. The zero-order valence-electron chi connectivity index (χ0n) is 10.7. The van der Waals surface area contributed by atoms with Gasteiger partial charge in [-0.05, 0) is 25.5 Å². The second-order valence-corrected chi connectivity index (χ2v) is 4.02. The molecule has 0 atom stereocenters. The number of nitrogens with one attached hydrogen (secondary N) is 2. The third-order valence-electron chi connectivity index (χ3n) is 2.42. The predicted octanol–water partition coefficient (Wildman–Crippen LogP) is 1.31. The maximum absolute atomic E-state index is 11.6. The quantitative estimate of drug-likeness (QED) is 0.767. The molecule has 0 bridgehead atoms. The average molecular weight is 260 g/mol. The van der Waals surface area contributed by atoms with Gasteiger partial charge in [0.05, 0.1) is 6.61 Å². The highest BCUT2D eigenvalue weighted by Crippen LogP contribution is 2.07. The van der Waals surface area contributed by atoms with E-state index in [1.807, 2.05) is 30.3 Å². The minimum Gasteiger partial charge on any atom is -0.494 e. The fourth-order valence-corrected chi connectivity index (χ4v) is 1.50. The van der Waals surface area contributed by atoms with Crippen LogP contribution in [0.2, 0.25) is 0 Å². The van der Waals surface area contributed by atoms with Gasteiger partial charge in [-0.15, -0.1) is 5.10 Å².